The second kappa shape index (κ2) is 8.32. The molecule has 134 valence electrons. The molecule has 1 N–H and O–H groups in total. The highest BCUT2D eigenvalue weighted by Gasteiger charge is 2.21. The fourth-order valence-corrected chi connectivity index (χ4v) is 2.14. The Morgan fingerprint density at radius 1 is 1.24 bits per heavy atom. The van der Waals surface area contributed by atoms with Gasteiger partial charge in [-0.05, 0) is 32.8 Å². The topological polar surface area (TPSA) is 82.5 Å². The van der Waals surface area contributed by atoms with E-state index in [-0.39, 0.29) is 6.61 Å². The average Bonchev–Trinajstić information content (AvgIpc) is 3.06. The third-order valence-electron chi connectivity index (χ3n) is 3.17. The first-order chi connectivity index (χ1) is 11.8. The monoisotopic (exact) mass is 345 g/mol. The van der Waals surface area contributed by atoms with Crippen molar-refractivity contribution in [1.82, 2.24) is 14.9 Å². The molecule has 0 saturated carbocycles. The first kappa shape index (κ1) is 18.5. The molecule has 0 aliphatic heterocycles. The summed E-state index contributed by atoms with van der Waals surface area (Å²) in [6.07, 6.45) is 3.75. The molecule has 0 saturated heterocycles. The number of hydrogen-bond donors (Lipinski definition) is 1. The maximum absolute atomic E-state index is 12.0. The first-order valence-electron chi connectivity index (χ1n) is 8.02. The number of carbonyl (C=O) groups excluding carboxylic acids is 2. The van der Waals surface area contributed by atoms with Crippen molar-refractivity contribution in [2.24, 2.45) is 0 Å². The molecule has 0 unspecified atom stereocenters. The van der Waals surface area contributed by atoms with Crippen LogP contribution in [-0.2, 0) is 15.9 Å². The van der Waals surface area contributed by atoms with Crippen LogP contribution >= 0.6 is 0 Å². The van der Waals surface area contributed by atoms with Crippen molar-refractivity contribution < 1.29 is 19.1 Å². The Morgan fingerprint density at radius 3 is 2.56 bits per heavy atom. The SMILES string of the molecule is CC(C)(C)OC(=O)N[C@@H](COC(=O)n1ccnc1)Cc1ccccc1. The van der Waals surface area contributed by atoms with Crippen LogP contribution in [0.4, 0.5) is 9.59 Å². The number of nitrogens with zero attached hydrogens (tertiary/aromatic N) is 2. The van der Waals surface area contributed by atoms with E-state index in [1.165, 1.54) is 23.3 Å². The van der Waals surface area contributed by atoms with Gasteiger partial charge in [0.15, 0.2) is 0 Å². The third-order valence-corrected chi connectivity index (χ3v) is 3.17. The number of rotatable bonds is 5. The fraction of sp³-hybridized carbons (Fsp3) is 0.389. The smallest absolute Gasteiger partial charge is 0.419 e. The molecule has 7 nitrogen and oxygen atoms in total. The summed E-state index contributed by atoms with van der Waals surface area (Å²) in [5, 5.41) is 2.76. The molecule has 7 heteroatoms. The van der Waals surface area contributed by atoms with Gasteiger partial charge in [0.2, 0.25) is 0 Å². The maximum Gasteiger partial charge on any atom is 0.419 e. The number of alkyl carbamates (subject to hydrolysis) is 1. The Balaban J connectivity index is 1.98. The van der Waals surface area contributed by atoms with E-state index in [0.29, 0.717) is 6.42 Å². The predicted molar refractivity (Wildman–Crippen MR) is 92.3 cm³/mol. The van der Waals surface area contributed by atoms with Gasteiger partial charge in [0.05, 0.1) is 6.04 Å². The summed E-state index contributed by atoms with van der Waals surface area (Å²) in [6, 6.07) is 9.22. The molecule has 2 aromatic rings. The van der Waals surface area contributed by atoms with Crippen LogP contribution in [0.15, 0.2) is 49.1 Å². The lowest BCUT2D eigenvalue weighted by Gasteiger charge is -2.23. The normalized spacial score (nSPS) is 12.3. The molecule has 1 amide bonds. The quantitative estimate of drug-likeness (QED) is 0.901. The molecule has 1 aromatic heterocycles. The van der Waals surface area contributed by atoms with Crippen molar-refractivity contribution in [2.75, 3.05) is 6.61 Å². The summed E-state index contributed by atoms with van der Waals surface area (Å²) in [5.41, 5.74) is 0.414. The molecule has 0 aliphatic rings. The lowest BCUT2D eigenvalue weighted by Crippen LogP contribution is -2.43. The zero-order valence-electron chi connectivity index (χ0n) is 14.6. The molecular weight excluding hydrogens is 322 g/mol. The standard InChI is InChI=1S/C18H23N3O4/c1-18(2,3)25-16(22)20-15(11-14-7-5-4-6-8-14)12-24-17(23)21-10-9-19-13-21/h4-10,13,15H,11-12H2,1-3H3,(H,20,22)/t15-/m1/s1. The Bertz CT molecular complexity index is 678. The van der Waals surface area contributed by atoms with Gasteiger partial charge in [-0.1, -0.05) is 30.3 Å². The molecular formula is C18H23N3O4. The van der Waals surface area contributed by atoms with Crippen LogP contribution in [0.25, 0.3) is 0 Å². The second-order valence-corrected chi connectivity index (χ2v) is 6.58. The van der Waals surface area contributed by atoms with Gasteiger partial charge in [-0.25, -0.2) is 19.1 Å². The molecule has 25 heavy (non-hydrogen) atoms. The van der Waals surface area contributed by atoms with E-state index in [2.05, 4.69) is 10.3 Å². The van der Waals surface area contributed by atoms with Crippen LogP contribution in [0.3, 0.4) is 0 Å². The molecule has 1 heterocycles. The molecule has 1 atom stereocenters. The minimum atomic E-state index is -0.602. The number of nitrogens with one attached hydrogen (secondary N) is 1. The minimum Gasteiger partial charge on any atom is -0.447 e. The van der Waals surface area contributed by atoms with Crippen molar-refractivity contribution in [3.63, 3.8) is 0 Å². The molecule has 0 radical (unpaired) electrons. The van der Waals surface area contributed by atoms with E-state index in [4.69, 9.17) is 9.47 Å². The van der Waals surface area contributed by atoms with Crippen LogP contribution in [0.1, 0.15) is 26.3 Å². The summed E-state index contributed by atoms with van der Waals surface area (Å²) in [4.78, 5) is 27.8. The zero-order chi connectivity index (χ0) is 18.3. The molecule has 0 spiro atoms. The van der Waals surface area contributed by atoms with Crippen LogP contribution < -0.4 is 5.32 Å². The van der Waals surface area contributed by atoms with Gasteiger partial charge in [-0.15, -0.1) is 0 Å². The minimum absolute atomic E-state index is 0.0190. The Labute approximate surface area is 147 Å². The van der Waals surface area contributed by atoms with Gasteiger partial charge in [-0.2, -0.15) is 0 Å². The zero-order valence-corrected chi connectivity index (χ0v) is 14.6. The summed E-state index contributed by atoms with van der Waals surface area (Å²) in [6.45, 7) is 5.39. The molecule has 0 bridgehead atoms. The third kappa shape index (κ3) is 6.66. The van der Waals surface area contributed by atoms with E-state index in [9.17, 15) is 9.59 Å². The molecule has 0 fully saturated rings. The van der Waals surface area contributed by atoms with Gasteiger partial charge in [-0.3, -0.25) is 0 Å². The largest absolute Gasteiger partial charge is 0.447 e. The van der Waals surface area contributed by atoms with Crippen molar-refractivity contribution >= 4 is 12.2 Å². The van der Waals surface area contributed by atoms with Gasteiger partial charge in [0, 0.05) is 12.4 Å². The van der Waals surface area contributed by atoms with E-state index in [1.54, 1.807) is 20.8 Å². The van der Waals surface area contributed by atoms with E-state index >= 15 is 0 Å². The number of hydrogen-bond acceptors (Lipinski definition) is 5. The fourth-order valence-electron chi connectivity index (χ4n) is 2.14. The van der Waals surface area contributed by atoms with Gasteiger partial charge >= 0.3 is 12.2 Å². The van der Waals surface area contributed by atoms with E-state index in [0.717, 1.165) is 5.56 Å². The lowest BCUT2D eigenvalue weighted by atomic mass is 10.1. The summed E-state index contributed by atoms with van der Waals surface area (Å²) >= 11 is 0. The number of amides is 1. The Hall–Kier alpha value is -2.83. The van der Waals surface area contributed by atoms with Crippen molar-refractivity contribution in [3.05, 3.63) is 54.6 Å². The maximum atomic E-state index is 12.0. The highest BCUT2D eigenvalue weighted by atomic mass is 16.6. The Kier molecular flexibility index (Phi) is 6.16. The van der Waals surface area contributed by atoms with Gasteiger partial charge < -0.3 is 14.8 Å². The lowest BCUT2D eigenvalue weighted by molar-refractivity contribution is 0.0471. The highest BCUT2D eigenvalue weighted by molar-refractivity contribution is 5.70. The number of carbonyl (C=O) groups is 2. The molecule has 2 rings (SSSR count). The predicted octanol–water partition coefficient (Wildman–Crippen LogP) is 3.00. The number of ether oxygens (including phenoxy) is 2. The van der Waals surface area contributed by atoms with Crippen molar-refractivity contribution in [1.29, 1.82) is 0 Å². The van der Waals surface area contributed by atoms with E-state index in [1.807, 2.05) is 30.3 Å². The number of aromatic nitrogens is 2. The van der Waals surface area contributed by atoms with Crippen molar-refractivity contribution in [2.45, 2.75) is 38.8 Å². The molecule has 0 aliphatic carbocycles. The summed E-state index contributed by atoms with van der Waals surface area (Å²) in [7, 11) is 0. The highest BCUT2D eigenvalue weighted by Crippen LogP contribution is 2.09. The van der Waals surface area contributed by atoms with Gasteiger partial charge in [0.1, 0.15) is 18.5 Å². The number of imidazole rings is 1. The summed E-state index contributed by atoms with van der Waals surface area (Å²) in [5.74, 6) is 0. The number of benzene rings is 1. The van der Waals surface area contributed by atoms with Crippen molar-refractivity contribution in [3.8, 4) is 0 Å². The summed E-state index contributed by atoms with van der Waals surface area (Å²) < 4.78 is 11.8. The van der Waals surface area contributed by atoms with Crippen LogP contribution in [0, 0.1) is 0 Å². The second-order valence-electron chi connectivity index (χ2n) is 6.58. The molecule has 1 aromatic carbocycles. The van der Waals surface area contributed by atoms with Crippen LogP contribution in [-0.4, -0.2) is 40.0 Å². The van der Waals surface area contributed by atoms with E-state index < -0.39 is 23.8 Å². The van der Waals surface area contributed by atoms with Gasteiger partial charge in [0.25, 0.3) is 0 Å². The van der Waals surface area contributed by atoms with Crippen LogP contribution in [0.2, 0.25) is 0 Å². The van der Waals surface area contributed by atoms with Crippen LogP contribution in [0.5, 0.6) is 0 Å². The first-order valence-corrected chi connectivity index (χ1v) is 8.02. The Morgan fingerprint density at radius 2 is 1.96 bits per heavy atom. The average molecular weight is 345 g/mol.